The average Bonchev–Trinajstić information content (AvgIpc) is 3.22. The molecule has 4 heteroatoms. The van der Waals surface area contributed by atoms with Crippen molar-refractivity contribution in [2.24, 2.45) is 5.41 Å². The summed E-state index contributed by atoms with van der Waals surface area (Å²) in [6.45, 7) is 3.99. The largest absolute Gasteiger partial charge is 0.465 e. The number of carbonyl (C=O) groups is 2. The zero-order valence-electron chi connectivity index (χ0n) is 14.1. The van der Waals surface area contributed by atoms with Crippen LogP contribution in [0.15, 0.2) is 42.5 Å². The summed E-state index contributed by atoms with van der Waals surface area (Å²) in [6.07, 6.45) is 8.99. The first kappa shape index (κ1) is 16.5. The Morgan fingerprint density at radius 2 is 1.58 bits per heavy atom. The number of hydrogen-bond donors (Lipinski definition) is 0. The monoisotopic (exact) mass is 326 g/mol. The fourth-order valence-electron chi connectivity index (χ4n) is 3.47. The maximum absolute atomic E-state index is 12.5. The van der Waals surface area contributed by atoms with Crippen molar-refractivity contribution < 1.29 is 19.1 Å². The Morgan fingerprint density at radius 1 is 1.00 bits per heavy atom. The minimum atomic E-state index is -1.24. The molecule has 0 fully saturated rings. The number of rotatable bonds is 5. The summed E-state index contributed by atoms with van der Waals surface area (Å²) in [5.74, 6) is -0.709. The van der Waals surface area contributed by atoms with Gasteiger partial charge in [0.05, 0.1) is 13.2 Å². The molecule has 3 rings (SSSR count). The van der Waals surface area contributed by atoms with Crippen molar-refractivity contribution in [2.75, 3.05) is 13.2 Å². The number of ether oxygens (including phenoxy) is 2. The maximum Gasteiger partial charge on any atom is 0.324 e. The van der Waals surface area contributed by atoms with E-state index in [2.05, 4.69) is 24.3 Å². The number of hydrogen-bond acceptors (Lipinski definition) is 4. The second kappa shape index (κ2) is 6.63. The maximum atomic E-state index is 12.5. The van der Waals surface area contributed by atoms with Crippen molar-refractivity contribution in [1.29, 1.82) is 0 Å². The lowest BCUT2D eigenvalue weighted by Gasteiger charge is -2.23. The van der Waals surface area contributed by atoms with Crippen molar-refractivity contribution in [3.8, 4) is 0 Å². The van der Waals surface area contributed by atoms with Crippen LogP contribution in [0.1, 0.15) is 36.5 Å². The molecule has 0 amide bonds. The summed E-state index contributed by atoms with van der Waals surface area (Å²) >= 11 is 0. The highest BCUT2D eigenvalue weighted by Gasteiger charge is 2.52. The summed E-state index contributed by atoms with van der Waals surface area (Å²) in [7, 11) is 0. The fourth-order valence-corrected chi connectivity index (χ4v) is 3.47. The van der Waals surface area contributed by atoms with Crippen LogP contribution >= 0.6 is 0 Å². The first-order valence-corrected chi connectivity index (χ1v) is 8.42. The van der Waals surface area contributed by atoms with E-state index < -0.39 is 17.4 Å². The number of fused-ring (bicyclic) bond motifs is 1. The van der Waals surface area contributed by atoms with Crippen molar-refractivity contribution in [2.45, 2.75) is 32.6 Å². The molecular weight excluding hydrogens is 304 g/mol. The molecule has 0 spiro atoms. The van der Waals surface area contributed by atoms with Crippen molar-refractivity contribution in [1.82, 2.24) is 0 Å². The Balaban J connectivity index is 1.92. The second-order valence-electron chi connectivity index (χ2n) is 6.20. The molecule has 0 N–H and O–H groups in total. The van der Waals surface area contributed by atoms with Gasteiger partial charge in [0.1, 0.15) is 0 Å². The van der Waals surface area contributed by atoms with Gasteiger partial charge in [-0.3, -0.25) is 9.59 Å². The Labute approximate surface area is 142 Å². The van der Waals surface area contributed by atoms with E-state index >= 15 is 0 Å². The van der Waals surface area contributed by atoms with E-state index in [0.29, 0.717) is 12.8 Å². The van der Waals surface area contributed by atoms with Crippen LogP contribution in [0.25, 0.3) is 0 Å². The molecule has 0 saturated heterocycles. The number of allylic oxidation sites excluding steroid dienone is 4. The highest BCUT2D eigenvalue weighted by Crippen LogP contribution is 2.41. The highest BCUT2D eigenvalue weighted by atomic mass is 16.6. The molecule has 0 atom stereocenters. The van der Waals surface area contributed by atoms with E-state index in [-0.39, 0.29) is 19.1 Å². The van der Waals surface area contributed by atoms with Gasteiger partial charge in [0.25, 0.3) is 0 Å². The van der Waals surface area contributed by atoms with E-state index in [4.69, 9.17) is 9.47 Å². The Morgan fingerprint density at radius 3 is 2.17 bits per heavy atom. The molecule has 0 radical (unpaired) electrons. The normalized spacial score (nSPS) is 17.8. The lowest BCUT2D eigenvalue weighted by molar-refractivity contribution is -0.171. The van der Waals surface area contributed by atoms with Gasteiger partial charge in [0.15, 0.2) is 5.41 Å². The third kappa shape index (κ3) is 2.77. The van der Waals surface area contributed by atoms with Crippen LogP contribution in [0.4, 0.5) is 0 Å². The molecule has 0 aliphatic heterocycles. The SMILES string of the molecule is CCOC(=O)C1(C(=O)OCC)Cc2ccc(C3C=CC=C3)cc2C1. The lowest BCUT2D eigenvalue weighted by Crippen LogP contribution is -2.43. The van der Waals surface area contributed by atoms with E-state index in [0.717, 1.165) is 11.1 Å². The van der Waals surface area contributed by atoms with E-state index in [9.17, 15) is 9.59 Å². The molecule has 4 nitrogen and oxygen atoms in total. The number of benzene rings is 1. The number of esters is 2. The summed E-state index contributed by atoms with van der Waals surface area (Å²) < 4.78 is 10.4. The van der Waals surface area contributed by atoms with Gasteiger partial charge in [-0.1, -0.05) is 42.5 Å². The Hall–Kier alpha value is -2.36. The first-order chi connectivity index (χ1) is 11.6. The minimum Gasteiger partial charge on any atom is -0.465 e. The van der Waals surface area contributed by atoms with Crippen LogP contribution < -0.4 is 0 Å². The van der Waals surface area contributed by atoms with Gasteiger partial charge >= 0.3 is 11.9 Å². The standard InChI is InChI=1S/C20H22O4/c1-3-23-18(21)20(19(22)24-4-2)12-16-10-9-15(11-17(16)13-20)14-7-5-6-8-14/h5-11,14H,3-4,12-13H2,1-2H3. The Bertz CT molecular complexity index is 684. The molecule has 0 unspecified atom stereocenters. The van der Waals surface area contributed by atoms with Crippen molar-refractivity contribution in [3.63, 3.8) is 0 Å². The second-order valence-corrected chi connectivity index (χ2v) is 6.20. The predicted molar refractivity (Wildman–Crippen MR) is 90.6 cm³/mol. The lowest BCUT2D eigenvalue weighted by atomic mass is 9.84. The molecule has 126 valence electrons. The molecule has 0 heterocycles. The summed E-state index contributed by atoms with van der Waals surface area (Å²) in [6, 6.07) is 6.18. The van der Waals surface area contributed by atoms with Crippen LogP contribution in [0.5, 0.6) is 0 Å². The van der Waals surface area contributed by atoms with Gasteiger partial charge in [0, 0.05) is 5.92 Å². The van der Waals surface area contributed by atoms with Gasteiger partial charge in [-0.15, -0.1) is 0 Å². The molecule has 1 aromatic rings. The van der Waals surface area contributed by atoms with Crippen molar-refractivity contribution >= 4 is 11.9 Å². The highest BCUT2D eigenvalue weighted by molar-refractivity contribution is 6.01. The van der Waals surface area contributed by atoms with Gasteiger partial charge in [-0.25, -0.2) is 0 Å². The molecule has 0 bridgehead atoms. The van der Waals surface area contributed by atoms with Crippen LogP contribution in [-0.4, -0.2) is 25.2 Å². The Kier molecular flexibility index (Phi) is 4.56. The van der Waals surface area contributed by atoms with Crippen LogP contribution in [0, 0.1) is 5.41 Å². The van der Waals surface area contributed by atoms with Crippen LogP contribution in [0.3, 0.4) is 0 Å². The molecule has 2 aliphatic rings. The van der Waals surface area contributed by atoms with Crippen LogP contribution in [0.2, 0.25) is 0 Å². The minimum absolute atomic E-state index is 0.249. The molecule has 2 aliphatic carbocycles. The predicted octanol–water partition coefficient (Wildman–Crippen LogP) is 3.11. The average molecular weight is 326 g/mol. The van der Waals surface area contributed by atoms with Gasteiger partial charge in [-0.2, -0.15) is 0 Å². The van der Waals surface area contributed by atoms with Crippen molar-refractivity contribution in [3.05, 3.63) is 59.2 Å². The molecule has 24 heavy (non-hydrogen) atoms. The zero-order valence-corrected chi connectivity index (χ0v) is 14.1. The summed E-state index contributed by atoms with van der Waals surface area (Å²) in [4.78, 5) is 25.1. The third-order valence-corrected chi connectivity index (χ3v) is 4.68. The van der Waals surface area contributed by atoms with E-state index in [1.807, 2.05) is 18.2 Å². The summed E-state index contributed by atoms with van der Waals surface area (Å²) in [5, 5.41) is 0. The van der Waals surface area contributed by atoms with E-state index in [1.54, 1.807) is 13.8 Å². The van der Waals surface area contributed by atoms with Gasteiger partial charge in [-0.05, 0) is 43.4 Å². The third-order valence-electron chi connectivity index (χ3n) is 4.68. The van der Waals surface area contributed by atoms with Gasteiger partial charge in [0.2, 0.25) is 0 Å². The number of carbonyl (C=O) groups excluding carboxylic acids is 2. The zero-order chi connectivity index (χ0) is 17.2. The van der Waals surface area contributed by atoms with Crippen LogP contribution in [-0.2, 0) is 31.9 Å². The smallest absolute Gasteiger partial charge is 0.324 e. The fraction of sp³-hybridized carbons (Fsp3) is 0.400. The van der Waals surface area contributed by atoms with E-state index in [1.165, 1.54) is 5.56 Å². The molecular formula is C20H22O4. The molecule has 0 saturated carbocycles. The first-order valence-electron chi connectivity index (χ1n) is 8.42. The molecule has 0 aromatic heterocycles. The van der Waals surface area contributed by atoms with Gasteiger partial charge < -0.3 is 9.47 Å². The quantitative estimate of drug-likeness (QED) is 0.616. The topological polar surface area (TPSA) is 52.6 Å². The summed E-state index contributed by atoms with van der Waals surface area (Å²) in [5.41, 5.74) is 1.98. The molecule has 1 aromatic carbocycles.